The smallest absolute Gasteiger partial charge is 0.325 e. The van der Waals surface area contributed by atoms with Crippen LogP contribution in [0.4, 0.5) is 10.6 Å². The monoisotopic (exact) mass is 308 g/mol. The minimum atomic E-state index is -0.962. The number of hydrogen-bond donors (Lipinski definition) is 2. The van der Waals surface area contributed by atoms with Gasteiger partial charge in [-0.05, 0) is 26.2 Å². The van der Waals surface area contributed by atoms with E-state index in [0.29, 0.717) is 12.2 Å². The van der Waals surface area contributed by atoms with Crippen molar-refractivity contribution in [3.63, 3.8) is 0 Å². The fourth-order valence-corrected chi connectivity index (χ4v) is 2.60. The number of nitrogens with one attached hydrogen (secondary N) is 2. The molecule has 1 aromatic rings. The second-order valence-electron chi connectivity index (χ2n) is 6.12. The van der Waals surface area contributed by atoms with Crippen LogP contribution in [-0.2, 0) is 9.59 Å². The molecule has 22 heavy (non-hydrogen) atoms. The fourth-order valence-electron chi connectivity index (χ4n) is 2.60. The van der Waals surface area contributed by atoms with Crippen molar-refractivity contribution >= 4 is 23.7 Å². The number of carbonyl (C=O) groups excluding carboxylic acids is 3. The number of hydrogen-bond acceptors (Lipinski definition) is 5. The minimum Gasteiger partial charge on any atom is -0.360 e. The van der Waals surface area contributed by atoms with Crippen LogP contribution in [-0.4, -0.2) is 40.0 Å². The first-order chi connectivity index (χ1) is 10.2. The first-order valence-corrected chi connectivity index (χ1v) is 7.08. The normalized spacial score (nSPS) is 21.4. The minimum absolute atomic E-state index is 0.237. The zero-order valence-corrected chi connectivity index (χ0v) is 13.1. The summed E-state index contributed by atoms with van der Waals surface area (Å²) < 4.78 is 4.83. The van der Waals surface area contributed by atoms with Crippen LogP contribution in [0, 0.1) is 12.8 Å². The fraction of sp³-hybridized carbons (Fsp3) is 0.571. The topological polar surface area (TPSA) is 105 Å². The predicted molar refractivity (Wildman–Crippen MR) is 78.0 cm³/mol. The summed E-state index contributed by atoms with van der Waals surface area (Å²) in [4.78, 5) is 37.2. The van der Waals surface area contributed by atoms with Crippen LogP contribution in [0.1, 0.15) is 33.0 Å². The molecule has 0 aromatic carbocycles. The van der Waals surface area contributed by atoms with Gasteiger partial charge in [-0.1, -0.05) is 19.0 Å². The van der Waals surface area contributed by atoms with Gasteiger partial charge >= 0.3 is 6.03 Å². The Balaban J connectivity index is 2.01. The highest BCUT2D eigenvalue weighted by molar-refractivity contribution is 6.09. The highest BCUT2D eigenvalue weighted by Gasteiger charge is 2.48. The number of nitrogens with zero attached hydrogens (tertiary/aromatic N) is 2. The van der Waals surface area contributed by atoms with Crippen LogP contribution in [0.25, 0.3) is 0 Å². The van der Waals surface area contributed by atoms with Crippen LogP contribution in [0.3, 0.4) is 0 Å². The van der Waals surface area contributed by atoms with E-state index in [-0.39, 0.29) is 18.3 Å². The van der Waals surface area contributed by atoms with Gasteiger partial charge in [0.2, 0.25) is 5.91 Å². The molecule has 0 radical (unpaired) electrons. The molecular formula is C14H20N4O4. The Hall–Kier alpha value is -2.38. The molecule has 1 fully saturated rings. The van der Waals surface area contributed by atoms with Gasteiger partial charge < -0.3 is 15.2 Å². The summed E-state index contributed by atoms with van der Waals surface area (Å²) in [5.74, 6) is 0.138. The molecular weight excluding hydrogens is 288 g/mol. The third kappa shape index (κ3) is 3.26. The number of carbonyl (C=O) groups is 3. The van der Waals surface area contributed by atoms with Crippen LogP contribution >= 0.6 is 0 Å². The Labute approximate surface area is 128 Å². The van der Waals surface area contributed by atoms with E-state index in [0.717, 1.165) is 4.90 Å². The Morgan fingerprint density at radius 1 is 1.50 bits per heavy atom. The molecule has 120 valence electrons. The SMILES string of the molecule is Cc1cc(NC(=O)CN2C(=O)N[C@@](C)(CC(C)C)C2=O)no1. The Kier molecular flexibility index (Phi) is 4.20. The van der Waals surface area contributed by atoms with Gasteiger partial charge in [0.1, 0.15) is 17.8 Å². The molecule has 2 rings (SSSR count). The number of aromatic nitrogens is 1. The first-order valence-electron chi connectivity index (χ1n) is 7.08. The van der Waals surface area contributed by atoms with Gasteiger partial charge in [-0.25, -0.2) is 4.79 Å². The van der Waals surface area contributed by atoms with E-state index in [1.165, 1.54) is 0 Å². The van der Waals surface area contributed by atoms with Crippen LogP contribution in [0.15, 0.2) is 10.6 Å². The van der Waals surface area contributed by atoms with E-state index < -0.39 is 23.4 Å². The molecule has 0 spiro atoms. The summed E-state index contributed by atoms with van der Waals surface area (Å²) in [5.41, 5.74) is -0.962. The van der Waals surface area contributed by atoms with E-state index in [2.05, 4.69) is 15.8 Å². The van der Waals surface area contributed by atoms with Gasteiger partial charge in [-0.15, -0.1) is 0 Å². The highest BCUT2D eigenvalue weighted by Crippen LogP contribution is 2.24. The first kappa shape index (κ1) is 16.0. The third-order valence-corrected chi connectivity index (χ3v) is 3.36. The van der Waals surface area contributed by atoms with Gasteiger partial charge in [0.05, 0.1) is 0 Å². The molecule has 1 aliphatic heterocycles. The Morgan fingerprint density at radius 2 is 2.18 bits per heavy atom. The molecule has 1 aromatic heterocycles. The van der Waals surface area contributed by atoms with Crippen LogP contribution in [0.5, 0.6) is 0 Å². The maximum absolute atomic E-state index is 12.4. The summed E-state index contributed by atoms with van der Waals surface area (Å²) in [5, 5.41) is 8.76. The quantitative estimate of drug-likeness (QED) is 0.797. The van der Waals surface area contributed by atoms with E-state index in [4.69, 9.17) is 4.52 Å². The molecule has 1 atom stereocenters. The molecule has 0 aliphatic carbocycles. The number of aryl methyl sites for hydroxylation is 1. The Morgan fingerprint density at radius 3 is 2.73 bits per heavy atom. The lowest BCUT2D eigenvalue weighted by molar-refractivity contribution is -0.133. The number of anilines is 1. The standard InChI is InChI=1S/C14H20N4O4/c1-8(2)6-14(4)12(20)18(13(21)16-14)7-11(19)15-10-5-9(3)22-17-10/h5,8H,6-7H2,1-4H3,(H,16,21)(H,15,17,19)/t14-/m0/s1. The van der Waals surface area contributed by atoms with Gasteiger partial charge in [0.25, 0.3) is 5.91 Å². The molecule has 8 nitrogen and oxygen atoms in total. The van der Waals surface area contributed by atoms with Crippen molar-refractivity contribution in [2.75, 3.05) is 11.9 Å². The molecule has 2 N–H and O–H groups in total. The van der Waals surface area contributed by atoms with Gasteiger partial charge in [-0.3, -0.25) is 14.5 Å². The van der Waals surface area contributed by atoms with Gasteiger partial charge in [0.15, 0.2) is 5.82 Å². The molecule has 8 heteroatoms. The van der Waals surface area contributed by atoms with Crippen molar-refractivity contribution in [1.29, 1.82) is 0 Å². The van der Waals surface area contributed by atoms with Crippen LogP contribution in [0.2, 0.25) is 0 Å². The molecule has 0 bridgehead atoms. The molecule has 4 amide bonds. The van der Waals surface area contributed by atoms with Crippen molar-refractivity contribution in [1.82, 2.24) is 15.4 Å². The maximum atomic E-state index is 12.4. The van der Waals surface area contributed by atoms with Crippen molar-refractivity contribution in [2.24, 2.45) is 5.92 Å². The van der Waals surface area contributed by atoms with Crippen LogP contribution < -0.4 is 10.6 Å². The summed E-state index contributed by atoms with van der Waals surface area (Å²) in [6.45, 7) is 6.94. The van der Waals surface area contributed by atoms with E-state index >= 15 is 0 Å². The average Bonchev–Trinajstić information content (AvgIpc) is 2.86. The van der Waals surface area contributed by atoms with E-state index in [9.17, 15) is 14.4 Å². The van der Waals surface area contributed by atoms with Gasteiger partial charge in [-0.2, -0.15) is 0 Å². The summed E-state index contributed by atoms with van der Waals surface area (Å²) in [7, 11) is 0. The number of rotatable bonds is 5. The second kappa shape index (κ2) is 5.78. The zero-order chi connectivity index (χ0) is 16.5. The molecule has 2 heterocycles. The van der Waals surface area contributed by atoms with Gasteiger partial charge in [0, 0.05) is 6.07 Å². The van der Waals surface area contributed by atoms with Crippen molar-refractivity contribution in [3.05, 3.63) is 11.8 Å². The van der Waals surface area contributed by atoms with Crippen molar-refractivity contribution in [2.45, 2.75) is 39.7 Å². The molecule has 0 unspecified atom stereocenters. The predicted octanol–water partition coefficient (Wildman–Crippen LogP) is 1.28. The zero-order valence-electron chi connectivity index (χ0n) is 13.1. The molecule has 1 aliphatic rings. The lowest BCUT2D eigenvalue weighted by Crippen LogP contribution is -2.45. The lowest BCUT2D eigenvalue weighted by Gasteiger charge is -2.23. The lowest BCUT2D eigenvalue weighted by atomic mass is 9.91. The Bertz CT molecular complexity index is 610. The summed E-state index contributed by atoms with van der Waals surface area (Å²) in [6.07, 6.45) is 0.512. The second-order valence-corrected chi connectivity index (χ2v) is 6.12. The van der Waals surface area contributed by atoms with Crippen molar-refractivity contribution < 1.29 is 18.9 Å². The number of amides is 4. The maximum Gasteiger partial charge on any atom is 0.325 e. The van der Waals surface area contributed by atoms with E-state index in [1.54, 1.807) is 19.9 Å². The average molecular weight is 308 g/mol. The number of imide groups is 1. The highest BCUT2D eigenvalue weighted by atomic mass is 16.5. The molecule has 0 saturated carbocycles. The molecule has 1 saturated heterocycles. The van der Waals surface area contributed by atoms with Crippen molar-refractivity contribution in [3.8, 4) is 0 Å². The number of urea groups is 1. The summed E-state index contributed by atoms with van der Waals surface area (Å²) in [6, 6.07) is 0.992. The third-order valence-electron chi connectivity index (χ3n) is 3.36. The van der Waals surface area contributed by atoms with E-state index in [1.807, 2.05) is 13.8 Å². The summed E-state index contributed by atoms with van der Waals surface area (Å²) >= 11 is 0. The largest absolute Gasteiger partial charge is 0.360 e.